The van der Waals surface area contributed by atoms with Crippen molar-refractivity contribution in [2.24, 2.45) is 4.99 Å². The summed E-state index contributed by atoms with van der Waals surface area (Å²) < 4.78 is 12.3. The zero-order valence-corrected chi connectivity index (χ0v) is 22.0. The standard InChI is InChI=1S/C27H23BrN2O5S/c1-3-30-25(31)23(36-27(30)29-20-11-7-10-19(15-20)26(32)33)14-18-12-21(28)24(22(13-18)34-2)35-16-17-8-5-4-6-9-17/h4-15H,3,16H2,1-2H3,(H,32,33)/b23-14-,29-27?. The van der Waals surface area contributed by atoms with Crippen LogP contribution in [0.25, 0.3) is 6.08 Å². The molecule has 3 aromatic carbocycles. The normalized spacial score (nSPS) is 15.5. The van der Waals surface area contributed by atoms with E-state index < -0.39 is 5.97 Å². The summed E-state index contributed by atoms with van der Waals surface area (Å²) in [7, 11) is 1.57. The number of ether oxygens (including phenoxy) is 2. The molecular formula is C27H23BrN2O5S. The lowest BCUT2D eigenvalue weighted by Gasteiger charge is -2.14. The Kier molecular flexibility index (Phi) is 8.12. The summed E-state index contributed by atoms with van der Waals surface area (Å²) >= 11 is 4.81. The number of aliphatic imine (C=N–C) groups is 1. The van der Waals surface area contributed by atoms with Gasteiger partial charge in [0.25, 0.3) is 5.91 Å². The number of halogens is 1. The maximum absolute atomic E-state index is 13.1. The first-order chi connectivity index (χ1) is 17.4. The Morgan fingerprint density at radius 1 is 1.14 bits per heavy atom. The van der Waals surface area contributed by atoms with Gasteiger partial charge in [0.1, 0.15) is 6.61 Å². The van der Waals surface area contributed by atoms with Crippen LogP contribution in [0.3, 0.4) is 0 Å². The smallest absolute Gasteiger partial charge is 0.335 e. The molecule has 1 amide bonds. The van der Waals surface area contributed by atoms with E-state index in [1.165, 1.54) is 23.9 Å². The van der Waals surface area contributed by atoms with Gasteiger partial charge in [0.15, 0.2) is 16.7 Å². The molecule has 7 nitrogen and oxygen atoms in total. The van der Waals surface area contributed by atoms with Crippen molar-refractivity contribution in [2.45, 2.75) is 13.5 Å². The van der Waals surface area contributed by atoms with Gasteiger partial charge in [-0.25, -0.2) is 9.79 Å². The molecule has 3 aromatic rings. The van der Waals surface area contributed by atoms with Gasteiger partial charge in [0, 0.05) is 6.54 Å². The Labute approximate surface area is 221 Å². The van der Waals surface area contributed by atoms with Gasteiger partial charge in [-0.15, -0.1) is 0 Å². The molecule has 9 heteroatoms. The van der Waals surface area contributed by atoms with Crippen molar-refractivity contribution >= 4 is 56.5 Å². The number of aromatic carboxylic acids is 1. The first-order valence-electron chi connectivity index (χ1n) is 11.1. The highest BCUT2D eigenvalue weighted by Gasteiger charge is 2.32. The molecule has 1 aliphatic rings. The van der Waals surface area contributed by atoms with Crippen molar-refractivity contribution in [3.8, 4) is 11.5 Å². The summed E-state index contributed by atoms with van der Waals surface area (Å²) in [6.45, 7) is 2.68. The Bertz CT molecular complexity index is 1360. The van der Waals surface area contributed by atoms with Gasteiger partial charge in [-0.2, -0.15) is 0 Å². The largest absolute Gasteiger partial charge is 0.493 e. The zero-order valence-electron chi connectivity index (χ0n) is 19.6. The molecule has 0 atom stereocenters. The number of carbonyl (C=O) groups excluding carboxylic acids is 1. The number of rotatable bonds is 8. The number of hydrogen-bond acceptors (Lipinski definition) is 6. The summed E-state index contributed by atoms with van der Waals surface area (Å²) in [5.41, 5.74) is 2.39. The third kappa shape index (κ3) is 5.80. The summed E-state index contributed by atoms with van der Waals surface area (Å²) in [6.07, 6.45) is 1.78. The van der Waals surface area contributed by atoms with Crippen molar-refractivity contribution in [3.05, 3.63) is 92.8 Å². The van der Waals surface area contributed by atoms with E-state index in [-0.39, 0.29) is 11.5 Å². The van der Waals surface area contributed by atoms with E-state index in [4.69, 9.17) is 9.47 Å². The van der Waals surface area contributed by atoms with Crippen molar-refractivity contribution in [1.82, 2.24) is 4.90 Å². The van der Waals surface area contributed by atoms with Crippen molar-refractivity contribution in [3.63, 3.8) is 0 Å². The first-order valence-corrected chi connectivity index (χ1v) is 12.7. The minimum atomic E-state index is -1.03. The quantitative estimate of drug-likeness (QED) is 0.319. The van der Waals surface area contributed by atoms with Gasteiger partial charge < -0.3 is 14.6 Å². The highest BCUT2D eigenvalue weighted by atomic mass is 79.9. The summed E-state index contributed by atoms with van der Waals surface area (Å²) in [5, 5.41) is 9.73. The van der Waals surface area contributed by atoms with Crippen LogP contribution in [-0.2, 0) is 11.4 Å². The van der Waals surface area contributed by atoms with Crippen LogP contribution >= 0.6 is 27.7 Å². The fraction of sp³-hybridized carbons (Fsp3) is 0.148. The van der Waals surface area contributed by atoms with Crippen molar-refractivity contribution in [1.29, 1.82) is 0 Å². The van der Waals surface area contributed by atoms with E-state index in [1.807, 2.05) is 49.4 Å². The maximum Gasteiger partial charge on any atom is 0.335 e. The number of amidine groups is 1. The Hall–Kier alpha value is -3.56. The van der Waals surface area contributed by atoms with E-state index in [2.05, 4.69) is 20.9 Å². The van der Waals surface area contributed by atoms with Crippen molar-refractivity contribution in [2.75, 3.05) is 13.7 Å². The molecule has 0 radical (unpaired) electrons. The van der Waals surface area contributed by atoms with E-state index in [9.17, 15) is 14.7 Å². The van der Waals surface area contributed by atoms with Crippen LogP contribution in [-0.4, -0.2) is 40.7 Å². The molecule has 0 spiro atoms. The third-order valence-electron chi connectivity index (χ3n) is 5.30. The molecule has 1 heterocycles. The monoisotopic (exact) mass is 566 g/mol. The van der Waals surface area contributed by atoms with Gasteiger partial charge in [-0.1, -0.05) is 36.4 Å². The summed E-state index contributed by atoms with van der Waals surface area (Å²) in [5.74, 6) is -0.0926. The molecule has 0 saturated carbocycles. The van der Waals surface area contributed by atoms with Crippen LogP contribution in [0, 0.1) is 0 Å². The second kappa shape index (κ2) is 11.5. The molecule has 1 aliphatic heterocycles. The van der Waals surface area contributed by atoms with E-state index in [0.717, 1.165) is 11.1 Å². The second-order valence-electron chi connectivity index (χ2n) is 7.72. The highest BCUT2D eigenvalue weighted by molar-refractivity contribution is 9.10. The first kappa shape index (κ1) is 25.5. The molecule has 1 saturated heterocycles. The zero-order chi connectivity index (χ0) is 25.7. The van der Waals surface area contributed by atoms with Crippen molar-refractivity contribution < 1.29 is 24.2 Å². The number of likely N-dealkylation sites (N-methyl/N-ethyl adjacent to an activating group) is 1. The number of nitrogens with zero attached hydrogens (tertiary/aromatic N) is 2. The third-order valence-corrected chi connectivity index (χ3v) is 6.89. The van der Waals surface area contributed by atoms with Gasteiger partial charge in [0.05, 0.1) is 27.7 Å². The van der Waals surface area contributed by atoms with E-state index >= 15 is 0 Å². The number of hydrogen-bond donors (Lipinski definition) is 1. The van der Waals surface area contributed by atoms with Gasteiger partial charge in [-0.05, 0) is 82.2 Å². The molecule has 36 heavy (non-hydrogen) atoms. The fourth-order valence-corrected chi connectivity index (χ4v) is 5.17. The average molecular weight is 567 g/mol. The predicted molar refractivity (Wildman–Crippen MR) is 145 cm³/mol. The number of benzene rings is 3. The van der Waals surface area contributed by atoms with Crippen LogP contribution in [0.1, 0.15) is 28.4 Å². The molecule has 0 unspecified atom stereocenters. The van der Waals surface area contributed by atoms with Crippen LogP contribution < -0.4 is 9.47 Å². The lowest BCUT2D eigenvalue weighted by atomic mass is 10.1. The summed E-state index contributed by atoms with van der Waals surface area (Å²) in [6, 6.07) is 19.8. The Morgan fingerprint density at radius 2 is 1.92 bits per heavy atom. The van der Waals surface area contributed by atoms with Crippen LogP contribution in [0.15, 0.2) is 81.1 Å². The number of carboxylic acid groups (broad SMARTS) is 1. The Balaban J connectivity index is 1.60. The fourth-order valence-electron chi connectivity index (χ4n) is 3.53. The minimum Gasteiger partial charge on any atom is -0.493 e. The molecular weight excluding hydrogens is 544 g/mol. The average Bonchev–Trinajstić information content (AvgIpc) is 3.17. The van der Waals surface area contributed by atoms with Gasteiger partial charge >= 0.3 is 5.97 Å². The van der Waals surface area contributed by atoms with E-state index in [1.54, 1.807) is 30.2 Å². The molecule has 184 valence electrons. The topological polar surface area (TPSA) is 88.4 Å². The minimum absolute atomic E-state index is 0.136. The number of thioether (sulfide) groups is 1. The second-order valence-corrected chi connectivity index (χ2v) is 9.58. The Morgan fingerprint density at radius 3 is 2.61 bits per heavy atom. The number of carbonyl (C=O) groups is 2. The molecule has 1 N–H and O–H groups in total. The molecule has 0 aromatic heterocycles. The predicted octanol–water partition coefficient (Wildman–Crippen LogP) is 6.36. The lowest BCUT2D eigenvalue weighted by molar-refractivity contribution is -0.122. The van der Waals surface area contributed by atoms with Crippen LogP contribution in [0.4, 0.5) is 5.69 Å². The maximum atomic E-state index is 13.1. The number of methoxy groups -OCH3 is 1. The van der Waals surface area contributed by atoms with Gasteiger partial charge in [0.2, 0.25) is 0 Å². The molecule has 1 fully saturated rings. The molecule has 0 aliphatic carbocycles. The number of amides is 1. The molecule has 0 bridgehead atoms. The van der Waals surface area contributed by atoms with Crippen LogP contribution in [0.2, 0.25) is 0 Å². The lowest BCUT2D eigenvalue weighted by Crippen LogP contribution is -2.28. The molecule has 4 rings (SSSR count). The highest BCUT2D eigenvalue weighted by Crippen LogP contribution is 2.40. The van der Waals surface area contributed by atoms with Gasteiger partial charge in [-0.3, -0.25) is 9.69 Å². The SMILES string of the molecule is CCN1C(=O)/C(=C/c2cc(Br)c(OCc3ccccc3)c(OC)c2)SC1=Nc1cccc(C(=O)O)c1. The summed E-state index contributed by atoms with van der Waals surface area (Å²) in [4.78, 5) is 31.0. The van der Waals surface area contributed by atoms with E-state index in [0.29, 0.717) is 44.9 Å². The van der Waals surface area contributed by atoms with Crippen LogP contribution in [0.5, 0.6) is 11.5 Å². The number of carboxylic acids is 1.